The smallest absolute Gasteiger partial charge is 0.123 e. The predicted octanol–water partition coefficient (Wildman–Crippen LogP) is 1.49. The molecule has 0 amide bonds. The summed E-state index contributed by atoms with van der Waals surface area (Å²) in [5.74, 6) is 0.926. The van der Waals surface area contributed by atoms with E-state index in [9.17, 15) is 0 Å². The van der Waals surface area contributed by atoms with Gasteiger partial charge in [0.1, 0.15) is 5.75 Å². The Morgan fingerprint density at radius 3 is 2.67 bits per heavy atom. The third-order valence-electron chi connectivity index (χ3n) is 2.87. The number of para-hydroxylation sites is 1. The molecular weight excluding hydrogens is 228 g/mol. The zero-order chi connectivity index (χ0) is 13.4. The fourth-order valence-corrected chi connectivity index (χ4v) is 1.95. The van der Waals surface area contributed by atoms with E-state index in [0.717, 1.165) is 25.3 Å². The molecule has 4 heteroatoms. The first-order chi connectivity index (χ1) is 8.67. The second-order valence-corrected chi connectivity index (χ2v) is 4.55. The molecule has 1 unspecified atom stereocenters. The monoisotopic (exact) mass is 252 g/mol. The lowest BCUT2D eigenvalue weighted by Crippen LogP contribution is -2.35. The van der Waals surface area contributed by atoms with Crippen LogP contribution in [0.4, 0.5) is 0 Å². The van der Waals surface area contributed by atoms with Gasteiger partial charge in [0.05, 0.1) is 7.11 Å². The number of methoxy groups -OCH3 is 2. The summed E-state index contributed by atoms with van der Waals surface area (Å²) < 4.78 is 10.4. The van der Waals surface area contributed by atoms with E-state index in [2.05, 4.69) is 18.0 Å². The highest BCUT2D eigenvalue weighted by molar-refractivity contribution is 5.32. The van der Waals surface area contributed by atoms with E-state index < -0.39 is 0 Å². The summed E-state index contributed by atoms with van der Waals surface area (Å²) in [5.41, 5.74) is 7.21. The maximum atomic E-state index is 6.03. The second-order valence-electron chi connectivity index (χ2n) is 4.55. The predicted molar refractivity (Wildman–Crippen MR) is 73.8 cm³/mol. The van der Waals surface area contributed by atoms with E-state index in [-0.39, 0.29) is 6.04 Å². The van der Waals surface area contributed by atoms with Crippen molar-refractivity contribution in [3.05, 3.63) is 29.8 Å². The van der Waals surface area contributed by atoms with Gasteiger partial charge in [0.15, 0.2) is 0 Å². The molecule has 1 rings (SSSR count). The van der Waals surface area contributed by atoms with Gasteiger partial charge >= 0.3 is 0 Å². The molecule has 0 radical (unpaired) electrons. The number of hydrogen-bond donors (Lipinski definition) is 1. The van der Waals surface area contributed by atoms with Gasteiger partial charge in [-0.05, 0) is 19.5 Å². The number of rotatable bonds is 8. The maximum absolute atomic E-state index is 6.03. The Bertz CT molecular complexity index is 344. The summed E-state index contributed by atoms with van der Waals surface area (Å²) in [6, 6.07) is 8.21. The van der Waals surface area contributed by atoms with Crippen molar-refractivity contribution in [2.75, 3.05) is 34.4 Å². The number of hydrogen-bond acceptors (Lipinski definition) is 4. The Labute approximate surface area is 110 Å². The van der Waals surface area contributed by atoms with E-state index in [1.807, 2.05) is 18.2 Å². The van der Waals surface area contributed by atoms with Gasteiger partial charge in [0.2, 0.25) is 0 Å². The molecule has 0 aliphatic carbocycles. The largest absolute Gasteiger partial charge is 0.496 e. The molecule has 0 saturated carbocycles. The Morgan fingerprint density at radius 1 is 1.28 bits per heavy atom. The molecule has 0 saturated heterocycles. The number of likely N-dealkylation sites (N-methyl/N-ethyl adjacent to an activating group) is 1. The molecule has 1 aromatic rings. The zero-order valence-corrected chi connectivity index (χ0v) is 11.6. The first kappa shape index (κ1) is 15.0. The molecule has 1 atom stereocenters. The van der Waals surface area contributed by atoms with Crippen LogP contribution in [-0.2, 0) is 11.3 Å². The van der Waals surface area contributed by atoms with Gasteiger partial charge in [-0.15, -0.1) is 0 Å². The van der Waals surface area contributed by atoms with Gasteiger partial charge in [-0.25, -0.2) is 0 Å². The third-order valence-corrected chi connectivity index (χ3v) is 2.87. The highest BCUT2D eigenvalue weighted by atomic mass is 16.5. The average molecular weight is 252 g/mol. The van der Waals surface area contributed by atoms with Crippen LogP contribution < -0.4 is 10.5 Å². The van der Waals surface area contributed by atoms with Gasteiger partial charge in [0, 0.05) is 38.4 Å². The van der Waals surface area contributed by atoms with E-state index in [1.54, 1.807) is 14.2 Å². The lowest BCUT2D eigenvalue weighted by molar-refractivity contribution is 0.178. The molecule has 0 fully saturated rings. The molecule has 0 bridgehead atoms. The molecule has 4 nitrogen and oxygen atoms in total. The minimum absolute atomic E-state index is 0.143. The molecule has 0 spiro atoms. The summed E-state index contributed by atoms with van der Waals surface area (Å²) in [6.45, 7) is 2.40. The van der Waals surface area contributed by atoms with Crippen molar-refractivity contribution in [2.24, 2.45) is 5.73 Å². The van der Waals surface area contributed by atoms with Gasteiger partial charge in [-0.1, -0.05) is 18.2 Å². The number of ether oxygens (including phenoxy) is 2. The zero-order valence-electron chi connectivity index (χ0n) is 11.6. The van der Waals surface area contributed by atoms with Gasteiger partial charge in [-0.2, -0.15) is 0 Å². The van der Waals surface area contributed by atoms with Crippen LogP contribution >= 0.6 is 0 Å². The summed E-state index contributed by atoms with van der Waals surface area (Å²) in [5, 5.41) is 0. The normalized spacial score (nSPS) is 12.7. The molecule has 0 heterocycles. The summed E-state index contributed by atoms with van der Waals surface area (Å²) in [7, 11) is 5.47. The molecule has 2 N–H and O–H groups in total. The van der Waals surface area contributed by atoms with E-state index in [1.165, 1.54) is 5.56 Å². The lowest BCUT2D eigenvalue weighted by atomic mass is 10.1. The van der Waals surface area contributed by atoms with Crippen LogP contribution in [0.25, 0.3) is 0 Å². The van der Waals surface area contributed by atoms with Crippen LogP contribution in [0, 0.1) is 0 Å². The molecule has 0 aromatic heterocycles. The van der Waals surface area contributed by atoms with Crippen LogP contribution in [0.15, 0.2) is 24.3 Å². The van der Waals surface area contributed by atoms with Crippen LogP contribution in [-0.4, -0.2) is 45.4 Å². The van der Waals surface area contributed by atoms with E-state index >= 15 is 0 Å². The van der Waals surface area contributed by atoms with Crippen LogP contribution in [0.3, 0.4) is 0 Å². The average Bonchev–Trinajstić information content (AvgIpc) is 2.36. The molecule has 0 aliphatic heterocycles. The minimum Gasteiger partial charge on any atom is -0.496 e. The van der Waals surface area contributed by atoms with E-state index in [4.69, 9.17) is 15.2 Å². The van der Waals surface area contributed by atoms with Crippen LogP contribution in [0.5, 0.6) is 5.75 Å². The van der Waals surface area contributed by atoms with Crippen LogP contribution in [0.2, 0.25) is 0 Å². The quantitative estimate of drug-likeness (QED) is 0.761. The minimum atomic E-state index is 0.143. The Morgan fingerprint density at radius 2 is 2.00 bits per heavy atom. The van der Waals surface area contributed by atoms with Crippen molar-refractivity contribution in [1.82, 2.24) is 4.90 Å². The summed E-state index contributed by atoms with van der Waals surface area (Å²) >= 11 is 0. The fraction of sp³-hybridized carbons (Fsp3) is 0.571. The Hall–Kier alpha value is -1.10. The maximum Gasteiger partial charge on any atom is 0.123 e. The van der Waals surface area contributed by atoms with Crippen molar-refractivity contribution in [3.8, 4) is 5.75 Å². The second kappa shape index (κ2) is 8.08. The highest BCUT2D eigenvalue weighted by Crippen LogP contribution is 2.18. The topological polar surface area (TPSA) is 47.7 Å². The van der Waals surface area contributed by atoms with Gasteiger partial charge < -0.3 is 20.1 Å². The van der Waals surface area contributed by atoms with Crippen molar-refractivity contribution in [3.63, 3.8) is 0 Å². The van der Waals surface area contributed by atoms with Crippen molar-refractivity contribution < 1.29 is 9.47 Å². The van der Waals surface area contributed by atoms with Gasteiger partial charge in [-0.3, -0.25) is 0 Å². The molecule has 102 valence electrons. The first-order valence-corrected chi connectivity index (χ1v) is 6.22. The van der Waals surface area contributed by atoms with Crippen molar-refractivity contribution in [2.45, 2.75) is 19.0 Å². The number of benzene rings is 1. The fourth-order valence-electron chi connectivity index (χ4n) is 1.95. The summed E-state index contributed by atoms with van der Waals surface area (Å²) in [4.78, 5) is 2.21. The Kier molecular flexibility index (Phi) is 6.72. The Balaban J connectivity index is 2.46. The van der Waals surface area contributed by atoms with E-state index in [0.29, 0.717) is 6.61 Å². The van der Waals surface area contributed by atoms with Crippen LogP contribution in [0.1, 0.15) is 12.0 Å². The summed E-state index contributed by atoms with van der Waals surface area (Å²) in [6.07, 6.45) is 0.882. The molecule has 0 aliphatic rings. The standard InChI is InChI=1S/C14H24N2O2/c1-16(11-13(15)8-9-17-2)10-12-6-4-5-7-14(12)18-3/h4-7,13H,8-11,15H2,1-3H3. The van der Waals surface area contributed by atoms with Crippen molar-refractivity contribution >= 4 is 0 Å². The lowest BCUT2D eigenvalue weighted by Gasteiger charge is -2.22. The molecule has 1 aromatic carbocycles. The van der Waals surface area contributed by atoms with Crippen molar-refractivity contribution in [1.29, 1.82) is 0 Å². The highest BCUT2D eigenvalue weighted by Gasteiger charge is 2.09. The SMILES string of the molecule is COCCC(N)CN(C)Cc1ccccc1OC. The molecular formula is C14H24N2O2. The number of nitrogens with two attached hydrogens (primary N) is 1. The number of nitrogens with zero attached hydrogens (tertiary/aromatic N) is 1. The first-order valence-electron chi connectivity index (χ1n) is 6.22. The third kappa shape index (κ3) is 5.04. The van der Waals surface area contributed by atoms with Gasteiger partial charge in [0.25, 0.3) is 0 Å². The molecule has 18 heavy (non-hydrogen) atoms.